The van der Waals surface area contributed by atoms with Crippen molar-refractivity contribution in [3.05, 3.63) is 77.1 Å². The van der Waals surface area contributed by atoms with Crippen LogP contribution < -0.4 is 10.1 Å². The fraction of sp³-hybridized carbons (Fsp3) is 0.238. The van der Waals surface area contributed by atoms with E-state index in [0.29, 0.717) is 17.7 Å². The van der Waals surface area contributed by atoms with Crippen LogP contribution >= 0.6 is 0 Å². The van der Waals surface area contributed by atoms with Gasteiger partial charge in [0.05, 0.1) is 18.9 Å². The number of carbonyl (C=O) groups excluding carboxylic acids is 1. The van der Waals surface area contributed by atoms with E-state index >= 15 is 0 Å². The summed E-state index contributed by atoms with van der Waals surface area (Å²) in [6.07, 6.45) is -0.737. The highest BCUT2D eigenvalue weighted by molar-refractivity contribution is 6.27. The fourth-order valence-electron chi connectivity index (χ4n) is 2.69. The predicted molar refractivity (Wildman–Crippen MR) is 104 cm³/mol. The molecule has 2 aromatic carbocycles. The van der Waals surface area contributed by atoms with Crippen LogP contribution in [0.25, 0.3) is 0 Å². The first-order valence-corrected chi connectivity index (χ1v) is 8.55. The molecule has 1 atom stereocenters. The van der Waals surface area contributed by atoms with Gasteiger partial charge in [-0.25, -0.2) is 0 Å². The van der Waals surface area contributed by atoms with Crippen LogP contribution in [0.1, 0.15) is 17.5 Å². The summed E-state index contributed by atoms with van der Waals surface area (Å²) in [7, 11) is 3.01. The molecule has 0 heterocycles. The molecule has 0 fully saturated rings. The molecule has 1 amide bonds. The monoisotopic (exact) mass is 368 g/mol. The van der Waals surface area contributed by atoms with Crippen molar-refractivity contribution < 1.29 is 19.7 Å². The third-order valence-corrected chi connectivity index (χ3v) is 4.11. The van der Waals surface area contributed by atoms with Gasteiger partial charge in [-0.3, -0.25) is 10.2 Å². The van der Waals surface area contributed by atoms with Gasteiger partial charge in [-0.05, 0) is 24.1 Å². The van der Waals surface area contributed by atoms with Gasteiger partial charge in [0, 0.05) is 19.0 Å². The van der Waals surface area contributed by atoms with Gasteiger partial charge in [-0.2, -0.15) is 0 Å². The number of carbonyl (C=O) groups is 1. The molecule has 0 saturated carbocycles. The van der Waals surface area contributed by atoms with Gasteiger partial charge in [0.1, 0.15) is 17.1 Å². The lowest BCUT2D eigenvalue weighted by atomic mass is 9.97. The number of hydrogen-bond acceptors (Lipinski definition) is 5. The Kier molecular flexibility index (Phi) is 7.14. The maximum Gasteiger partial charge on any atom is 0.256 e. The van der Waals surface area contributed by atoms with Crippen molar-refractivity contribution >= 4 is 11.6 Å². The number of amides is 1. The van der Waals surface area contributed by atoms with Crippen LogP contribution in [-0.4, -0.2) is 42.1 Å². The molecule has 6 nitrogen and oxygen atoms in total. The van der Waals surface area contributed by atoms with Crippen LogP contribution in [0.5, 0.6) is 5.75 Å². The van der Waals surface area contributed by atoms with E-state index in [2.05, 4.69) is 5.32 Å². The fourth-order valence-corrected chi connectivity index (χ4v) is 2.69. The normalized spacial score (nSPS) is 12.7. The van der Waals surface area contributed by atoms with Gasteiger partial charge in [-0.1, -0.05) is 42.5 Å². The number of methoxy groups -OCH3 is 1. The van der Waals surface area contributed by atoms with Crippen molar-refractivity contribution in [2.75, 3.05) is 14.2 Å². The Morgan fingerprint density at radius 2 is 1.78 bits per heavy atom. The van der Waals surface area contributed by atoms with E-state index in [-0.39, 0.29) is 23.5 Å². The molecule has 4 N–H and O–H groups in total. The van der Waals surface area contributed by atoms with Crippen molar-refractivity contribution in [3.63, 3.8) is 0 Å². The van der Waals surface area contributed by atoms with Crippen molar-refractivity contribution in [2.24, 2.45) is 0 Å². The Morgan fingerprint density at radius 3 is 2.33 bits per heavy atom. The summed E-state index contributed by atoms with van der Waals surface area (Å²) in [5, 5.41) is 31.5. The Hall–Kier alpha value is -3.12. The van der Waals surface area contributed by atoms with Crippen LogP contribution in [0.2, 0.25) is 0 Å². The van der Waals surface area contributed by atoms with E-state index in [1.807, 2.05) is 12.1 Å². The number of ether oxygens (including phenoxy) is 1. The maximum atomic E-state index is 12.2. The molecule has 1 unspecified atom stereocenters. The summed E-state index contributed by atoms with van der Waals surface area (Å²) in [4.78, 5) is 12.2. The number of benzene rings is 2. The minimum atomic E-state index is -0.901. The average Bonchev–Trinajstić information content (AvgIpc) is 2.69. The molecule has 0 aliphatic carbocycles. The first-order chi connectivity index (χ1) is 13.0. The summed E-state index contributed by atoms with van der Waals surface area (Å²) in [5.74, 6) is -0.170. The first-order valence-electron chi connectivity index (χ1n) is 8.55. The third kappa shape index (κ3) is 5.43. The smallest absolute Gasteiger partial charge is 0.256 e. The molecule has 142 valence electrons. The zero-order chi connectivity index (χ0) is 19.8. The molecule has 2 rings (SSSR count). The number of nitrogens with one attached hydrogen (secondary N) is 2. The Labute approximate surface area is 158 Å². The van der Waals surface area contributed by atoms with E-state index in [9.17, 15) is 15.0 Å². The lowest BCUT2D eigenvalue weighted by Crippen LogP contribution is -2.27. The minimum Gasteiger partial charge on any atom is -0.511 e. The molecular formula is C21H24N2O4. The van der Waals surface area contributed by atoms with Crippen LogP contribution in [-0.2, 0) is 11.2 Å². The summed E-state index contributed by atoms with van der Waals surface area (Å²) in [5.41, 5.74) is 1.14. The zero-order valence-corrected chi connectivity index (χ0v) is 15.4. The SMILES string of the molecule is CNC(=O)C(C(=N)c1ccccc1)=C(O)CC(O)Cc1ccc(OC)cc1. The number of aliphatic hydroxyl groups excluding tert-OH is 2. The van der Waals surface area contributed by atoms with Gasteiger partial charge in [0.25, 0.3) is 5.91 Å². The summed E-state index contributed by atoms with van der Waals surface area (Å²) in [6, 6.07) is 15.9. The molecule has 0 aromatic heterocycles. The summed E-state index contributed by atoms with van der Waals surface area (Å²) >= 11 is 0. The van der Waals surface area contributed by atoms with Crippen molar-refractivity contribution in [1.29, 1.82) is 5.41 Å². The van der Waals surface area contributed by atoms with E-state index in [1.165, 1.54) is 7.05 Å². The third-order valence-electron chi connectivity index (χ3n) is 4.11. The van der Waals surface area contributed by atoms with Gasteiger partial charge in [-0.15, -0.1) is 0 Å². The molecule has 0 spiro atoms. The second-order valence-electron chi connectivity index (χ2n) is 6.05. The molecule has 0 saturated heterocycles. The Morgan fingerprint density at radius 1 is 1.15 bits per heavy atom. The van der Waals surface area contributed by atoms with Crippen LogP contribution in [0.15, 0.2) is 65.9 Å². The minimum absolute atomic E-state index is 0.0934. The molecule has 0 aliphatic heterocycles. The van der Waals surface area contributed by atoms with Gasteiger partial charge >= 0.3 is 0 Å². The van der Waals surface area contributed by atoms with E-state index in [1.54, 1.807) is 49.6 Å². The highest BCUT2D eigenvalue weighted by Crippen LogP contribution is 2.18. The highest BCUT2D eigenvalue weighted by Gasteiger charge is 2.22. The van der Waals surface area contributed by atoms with Crippen molar-refractivity contribution in [1.82, 2.24) is 5.32 Å². The molecular weight excluding hydrogens is 344 g/mol. The van der Waals surface area contributed by atoms with Crippen LogP contribution in [0.3, 0.4) is 0 Å². The molecule has 0 radical (unpaired) electrons. The Bertz CT molecular complexity index is 814. The number of rotatable bonds is 8. The largest absolute Gasteiger partial charge is 0.511 e. The van der Waals surface area contributed by atoms with Gasteiger partial charge in [0.2, 0.25) is 0 Å². The summed E-state index contributed by atoms with van der Waals surface area (Å²) in [6.45, 7) is 0. The molecule has 27 heavy (non-hydrogen) atoms. The van der Waals surface area contributed by atoms with E-state index < -0.39 is 12.0 Å². The van der Waals surface area contributed by atoms with Crippen LogP contribution in [0.4, 0.5) is 0 Å². The molecule has 0 aliphatic rings. The number of likely N-dealkylation sites (N-methyl/N-ethyl adjacent to an activating group) is 1. The van der Waals surface area contributed by atoms with E-state index in [0.717, 1.165) is 5.56 Å². The maximum absolute atomic E-state index is 12.2. The lowest BCUT2D eigenvalue weighted by molar-refractivity contribution is -0.116. The molecule has 0 bridgehead atoms. The van der Waals surface area contributed by atoms with Crippen molar-refractivity contribution in [3.8, 4) is 5.75 Å². The topological polar surface area (TPSA) is 103 Å². The quantitative estimate of drug-likeness (QED) is 0.327. The van der Waals surface area contributed by atoms with Gasteiger partial charge < -0.3 is 20.3 Å². The van der Waals surface area contributed by atoms with Gasteiger partial charge in [0.15, 0.2) is 0 Å². The van der Waals surface area contributed by atoms with Crippen LogP contribution in [0, 0.1) is 5.41 Å². The second-order valence-corrected chi connectivity index (χ2v) is 6.05. The lowest BCUT2D eigenvalue weighted by Gasteiger charge is -2.15. The second kappa shape index (κ2) is 9.54. The van der Waals surface area contributed by atoms with E-state index in [4.69, 9.17) is 10.1 Å². The number of hydrogen-bond donors (Lipinski definition) is 4. The van der Waals surface area contributed by atoms with Crippen molar-refractivity contribution in [2.45, 2.75) is 18.9 Å². The predicted octanol–water partition coefficient (Wildman–Crippen LogP) is 2.61. The summed E-state index contributed by atoms with van der Waals surface area (Å²) < 4.78 is 5.10. The first kappa shape index (κ1) is 20.2. The standard InChI is InChI=1S/C21H24N2O4/c1-23-21(26)19(20(22)15-6-4-3-5-7-15)18(25)13-16(24)12-14-8-10-17(27-2)11-9-14/h3-11,16,22,24-25H,12-13H2,1-2H3,(H,23,26). The zero-order valence-electron chi connectivity index (χ0n) is 15.4. The average molecular weight is 368 g/mol. The Balaban J connectivity index is 2.19. The molecule has 6 heteroatoms. The number of aliphatic hydroxyl groups is 2. The molecule has 2 aromatic rings. The highest BCUT2D eigenvalue weighted by atomic mass is 16.5.